The van der Waals surface area contributed by atoms with Gasteiger partial charge < -0.3 is 4.74 Å². The molecule has 1 aromatic rings. The Morgan fingerprint density at radius 3 is 3.00 bits per heavy atom. The van der Waals surface area contributed by atoms with E-state index in [1.807, 2.05) is 0 Å². The second-order valence-electron chi connectivity index (χ2n) is 2.70. The number of methoxy groups -OCH3 is 1. The molecule has 0 spiro atoms. The number of pyridine rings is 1. The molecule has 1 rings (SSSR count). The van der Waals surface area contributed by atoms with Crippen LogP contribution in [0.25, 0.3) is 0 Å². The average molecular weight is 195 g/mol. The lowest BCUT2D eigenvalue weighted by molar-refractivity contribution is -0.136. The molecule has 0 radical (unpaired) electrons. The van der Waals surface area contributed by atoms with E-state index in [9.17, 15) is 9.18 Å². The van der Waals surface area contributed by atoms with E-state index in [-0.39, 0.29) is 17.7 Å². The number of rotatable bonds is 3. The van der Waals surface area contributed by atoms with Gasteiger partial charge in [0.25, 0.3) is 0 Å². The molecule has 0 bridgehead atoms. The van der Waals surface area contributed by atoms with Crippen LogP contribution in [0.5, 0.6) is 0 Å². The summed E-state index contributed by atoms with van der Waals surface area (Å²) in [5.74, 6) is -0.993. The van der Waals surface area contributed by atoms with Gasteiger partial charge in [0, 0.05) is 18.2 Å². The lowest BCUT2D eigenvalue weighted by Crippen LogP contribution is -2.08. The Morgan fingerprint density at radius 1 is 1.71 bits per heavy atom. The molecule has 0 atom stereocenters. The molecule has 14 heavy (non-hydrogen) atoms. The number of aromatic nitrogens is 1. The van der Waals surface area contributed by atoms with E-state index < -0.39 is 11.8 Å². The molecule has 0 saturated carbocycles. The van der Waals surface area contributed by atoms with Gasteiger partial charge in [0.1, 0.15) is 5.82 Å². The van der Waals surface area contributed by atoms with Gasteiger partial charge in [-0.1, -0.05) is 6.58 Å². The number of ether oxygens (including phenoxy) is 1. The van der Waals surface area contributed by atoms with Crippen LogP contribution in [0, 0.1) is 5.82 Å². The number of carbonyl (C=O) groups excluding carboxylic acids is 1. The van der Waals surface area contributed by atoms with Gasteiger partial charge in [-0.2, -0.15) is 0 Å². The molecule has 74 valence electrons. The lowest BCUT2D eigenvalue weighted by Gasteiger charge is -2.03. The van der Waals surface area contributed by atoms with Crippen molar-refractivity contribution in [3.8, 4) is 0 Å². The van der Waals surface area contributed by atoms with Crippen molar-refractivity contribution in [3.05, 3.63) is 42.0 Å². The van der Waals surface area contributed by atoms with Crippen molar-refractivity contribution in [2.75, 3.05) is 7.11 Å². The zero-order valence-corrected chi connectivity index (χ0v) is 7.79. The third kappa shape index (κ3) is 2.39. The molecular formula is C10H10FNO2. The van der Waals surface area contributed by atoms with Crippen LogP contribution in [-0.4, -0.2) is 18.1 Å². The minimum Gasteiger partial charge on any atom is -0.466 e. The van der Waals surface area contributed by atoms with Crippen molar-refractivity contribution >= 4 is 5.97 Å². The molecule has 0 saturated heterocycles. The van der Waals surface area contributed by atoms with Crippen molar-refractivity contribution in [2.24, 2.45) is 0 Å². The summed E-state index contributed by atoms with van der Waals surface area (Å²) in [4.78, 5) is 14.7. The smallest absolute Gasteiger partial charge is 0.333 e. The zero-order chi connectivity index (χ0) is 10.6. The third-order valence-corrected chi connectivity index (χ3v) is 1.69. The Hall–Kier alpha value is -1.71. The highest BCUT2D eigenvalue weighted by Crippen LogP contribution is 2.08. The summed E-state index contributed by atoms with van der Waals surface area (Å²) in [5.41, 5.74) is 0.382. The first kappa shape index (κ1) is 10.4. The Labute approximate surface area is 81.2 Å². The van der Waals surface area contributed by atoms with Crippen LogP contribution in [0.4, 0.5) is 4.39 Å². The van der Waals surface area contributed by atoms with Crippen molar-refractivity contribution in [1.82, 2.24) is 4.98 Å². The van der Waals surface area contributed by atoms with Crippen LogP contribution >= 0.6 is 0 Å². The average Bonchev–Trinajstić information content (AvgIpc) is 2.20. The summed E-state index contributed by atoms with van der Waals surface area (Å²) in [6.07, 6.45) is 1.53. The first-order chi connectivity index (χ1) is 6.65. The van der Waals surface area contributed by atoms with Gasteiger partial charge in [-0.25, -0.2) is 9.18 Å². The summed E-state index contributed by atoms with van der Waals surface area (Å²) in [6.45, 7) is 3.48. The second-order valence-corrected chi connectivity index (χ2v) is 2.70. The molecule has 0 aromatic carbocycles. The summed E-state index contributed by atoms with van der Waals surface area (Å²) < 4.78 is 17.5. The molecule has 1 aromatic heterocycles. The number of esters is 1. The van der Waals surface area contributed by atoms with E-state index in [0.717, 1.165) is 0 Å². The van der Waals surface area contributed by atoms with Crippen molar-refractivity contribution in [2.45, 2.75) is 6.42 Å². The van der Waals surface area contributed by atoms with Gasteiger partial charge in [-0.05, 0) is 12.1 Å². The van der Waals surface area contributed by atoms with Crippen LogP contribution in [-0.2, 0) is 16.0 Å². The van der Waals surface area contributed by atoms with Crippen LogP contribution < -0.4 is 0 Å². The summed E-state index contributed by atoms with van der Waals surface area (Å²) in [6, 6.07) is 2.77. The molecule has 0 N–H and O–H groups in total. The van der Waals surface area contributed by atoms with E-state index in [4.69, 9.17) is 0 Å². The Balaban J connectivity index is 2.75. The third-order valence-electron chi connectivity index (χ3n) is 1.69. The number of hydrogen-bond donors (Lipinski definition) is 0. The summed E-state index contributed by atoms with van der Waals surface area (Å²) >= 11 is 0. The predicted molar refractivity (Wildman–Crippen MR) is 49.1 cm³/mol. The molecule has 0 fully saturated rings. The van der Waals surface area contributed by atoms with E-state index in [1.54, 1.807) is 0 Å². The van der Waals surface area contributed by atoms with Crippen molar-refractivity contribution < 1.29 is 13.9 Å². The molecule has 0 unspecified atom stereocenters. The van der Waals surface area contributed by atoms with Crippen molar-refractivity contribution in [1.29, 1.82) is 0 Å². The normalized spacial score (nSPS) is 9.57. The van der Waals surface area contributed by atoms with Gasteiger partial charge in [-0.15, -0.1) is 0 Å². The monoisotopic (exact) mass is 195 g/mol. The molecule has 1 heterocycles. The lowest BCUT2D eigenvalue weighted by atomic mass is 10.1. The minimum atomic E-state index is -0.546. The largest absolute Gasteiger partial charge is 0.466 e. The van der Waals surface area contributed by atoms with Crippen molar-refractivity contribution in [3.63, 3.8) is 0 Å². The number of nitrogens with zero attached hydrogens (tertiary/aromatic N) is 1. The van der Waals surface area contributed by atoms with Gasteiger partial charge >= 0.3 is 5.97 Å². The minimum absolute atomic E-state index is 0.0688. The van der Waals surface area contributed by atoms with Gasteiger partial charge in [-0.3, -0.25) is 4.98 Å². The Kier molecular flexibility index (Phi) is 3.34. The molecule has 0 amide bonds. The molecule has 3 nitrogen and oxygen atoms in total. The van der Waals surface area contributed by atoms with E-state index >= 15 is 0 Å². The number of halogens is 1. The highest BCUT2D eigenvalue weighted by Gasteiger charge is 2.10. The second kappa shape index (κ2) is 4.50. The van der Waals surface area contributed by atoms with Crippen LogP contribution in [0.15, 0.2) is 30.5 Å². The predicted octanol–water partition coefficient (Wildman–Crippen LogP) is 1.49. The van der Waals surface area contributed by atoms with E-state index in [1.165, 1.54) is 25.4 Å². The maximum atomic E-state index is 13.1. The molecule has 0 aliphatic rings. The SMILES string of the molecule is C=C(Cc1ncccc1F)C(=O)OC. The van der Waals surface area contributed by atoms with Gasteiger partial charge in [0.15, 0.2) is 0 Å². The quantitative estimate of drug-likeness (QED) is 0.542. The Morgan fingerprint density at radius 2 is 2.43 bits per heavy atom. The highest BCUT2D eigenvalue weighted by atomic mass is 19.1. The molecule has 0 aliphatic heterocycles. The standard InChI is InChI=1S/C10H10FNO2/c1-7(10(13)14-2)6-9-8(11)4-3-5-12-9/h3-5H,1,6H2,2H3. The number of carbonyl (C=O) groups is 1. The first-order valence-electron chi connectivity index (χ1n) is 4.00. The fourth-order valence-electron chi connectivity index (χ4n) is 0.967. The fourth-order valence-corrected chi connectivity index (χ4v) is 0.967. The fraction of sp³-hybridized carbons (Fsp3) is 0.200. The van der Waals surface area contributed by atoms with E-state index in [2.05, 4.69) is 16.3 Å². The van der Waals surface area contributed by atoms with E-state index in [0.29, 0.717) is 0 Å². The first-order valence-corrected chi connectivity index (χ1v) is 4.00. The molecule has 0 aliphatic carbocycles. The zero-order valence-electron chi connectivity index (χ0n) is 7.79. The maximum Gasteiger partial charge on any atom is 0.333 e. The molecule has 4 heteroatoms. The molecular weight excluding hydrogens is 185 g/mol. The summed E-state index contributed by atoms with van der Waals surface area (Å²) in [7, 11) is 1.25. The number of hydrogen-bond acceptors (Lipinski definition) is 3. The van der Waals surface area contributed by atoms with Crippen LogP contribution in [0.1, 0.15) is 5.69 Å². The summed E-state index contributed by atoms with van der Waals surface area (Å²) in [5, 5.41) is 0. The van der Waals surface area contributed by atoms with Crippen LogP contribution in [0.3, 0.4) is 0 Å². The Bertz CT molecular complexity index is 363. The highest BCUT2D eigenvalue weighted by molar-refractivity contribution is 5.87. The van der Waals surface area contributed by atoms with Gasteiger partial charge in [0.05, 0.1) is 12.8 Å². The van der Waals surface area contributed by atoms with Gasteiger partial charge in [0.2, 0.25) is 0 Å². The maximum absolute atomic E-state index is 13.1. The topological polar surface area (TPSA) is 39.2 Å². The van der Waals surface area contributed by atoms with Crippen LogP contribution in [0.2, 0.25) is 0 Å².